The Kier molecular flexibility index (Phi) is 6.52. The molecule has 1 unspecified atom stereocenters. The second kappa shape index (κ2) is 7.91. The van der Waals surface area contributed by atoms with E-state index in [2.05, 4.69) is 10.3 Å². The number of nitrogens with zero attached hydrogens (tertiary/aromatic N) is 2. The predicted molar refractivity (Wildman–Crippen MR) is 73.7 cm³/mol. The number of hydrogen-bond acceptors (Lipinski definition) is 4. The Labute approximate surface area is 114 Å². The molecule has 0 spiro atoms. The highest BCUT2D eigenvalue weighted by Gasteiger charge is 2.17. The Morgan fingerprint density at radius 1 is 1.53 bits per heavy atom. The van der Waals surface area contributed by atoms with Gasteiger partial charge in [-0.15, -0.1) is 0 Å². The summed E-state index contributed by atoms with van der Waals surface area (Å²) in [6.45, 7) is 5.47. The van der Waals surface area contributed by atoms with E-state index in [-0.39, 0.29) is 18.4 Å². The average Bonchev–Trinajstić information content (AvgIpc) is 2.86. The van der Waals surface area contributed by atoms with E-state index in [9.17, 15) is 9.90 Å². The van der Waals surface area contributed by atoms with Crippen LogP contribution in [0.2, 0.25) is 0 Å². The lowest BCUT2D eigenvalue weighted by Crippen LogP contribution is -2.36. The van der Waals surface area contributed by atoms with Crippen molar-refractivity contribution in [2.24, 2.45) is 11.7 Å². The van der Waals surface area contributed by atoms with Gasteiger partial charge in [-0.2, -0.15) is 0 Å². The van der Waals surface area contributed by atoms with E-state index in [0.29, 0.717) is 18.8 Å². The number of nitrogens with two attached hydrogens (primary N) is 1. The fourth-order valence-corrected chi connectivity index (χ4v) is 2.04. The van der Waals surface area contributed by atoms with Crippen molar-refractivity contribution in [3.63, 3.8) is 0 Å². The first-order valence-corrected chi connectivity index (χ1v) is 6.80. The number of carbonyl (C=O) groups is 1. The molecule has 108 valence electrons. The zero-order chi connectivity index (χ0) is 14.3. The van der Waals surface area contributed by atoms with Crippen LogP contribution in [-0.2, 0) is 6.54 Å². The van der Waals surface area contributed by atoms with Crippen LogP contribution >= 0.6 is 0 Å². The topological polar surface area (TPSA) is 93.2 Å². The minimum absolute atomic E-state index is 0.218. The lowest BCUT2D eigenvalue weighted by Gasteiger charge is -2.19. The summed E-state index contributed by atoms with van der Waals surface area (Å²) < 4.78 is 1.77. The predicted octanol–water partition coefficient (Wildman–Crippen LogP) is 0.369. The molecular formula is C13H24N4O2. The minimum Gasteiger partial charge on any atom is -0.391 e. The summed E-state index contributed by atoms with van der Waals surface area (Å²) in [6.07, 6.45) is 4.53. The van der Waals surface area contributed by atoms with E-state index < -0.39 is 6.10 Å². The minimum atomic E-state index is -0.509. The number of aromatic nitrogens is 2. The summed E-state index contributed by atoms with van der Waals surface area (Å²) in [6, 6.07) is 0. The zero-order valence-corrected chi connectivity index (χ0v) is 11.7. The van der Waals surface area contributed by atoms with Gasteiger partial charge in [0.2, 0.25) is 0 Å². The van der Waals surface area contributed by atoms with Crippen molar-refractivity contribution in [2.45, 2.75) is 39.3 Å². The average molecular weight is 268 g/mol. The molecule has 0 fully saturated rings. The molecule has 4 N–H and O–H groups in total. The van der Waals surface area contributed by atoms with Crippen LogP contribution < -0.4 is 11.1 Å². The van der Waals surface area contributed by atoms with Crippen LogP contribution in [0.3, 0.4) is 0 Å². The monoisotopic (exact) mass is 268 g/mol. The third-order valence-corrected chi connectivity index (χ3v) is 3.32. The normalized spacial score (nSPS) is 12.7. The van der Waals surface area contributed by atoms with Crippen molar-refractivity contribution in [2.75, 3.05) is 13.1 Å². The molecule has 0 saturated heterocycles. The van der Waals surface area contributed by atoms with Gasteiger partial charge in [-0.05, 0) is 5.92 Å². The summed E-state index contributed by atoms with van der Waals surface area (Å²) in [5.74, 6) is -0.0455. The van der Waals surface area contributed by atoms with Gasteiger partial charge in [-0.25, -0.2) is 4.98 Å². The molecule has 6 heteroatoms. The Bertz CT molecular complexity index is 388. The maximum absolute atomic E-state index is 11.8. The first-order chi connectivity index (χ1) is 9.12. The fraction of sp³-hybridized carbons (Fsp3) is 0.692. The van der Waals surface area contributed by atoms with E-state index in [1.165, 1.54) is 0 Å². The van der Waals surface area contributed by atoms with Gasteiger partial charge in [-0.3, -0.25) is 4.79 Å². The van der Waals surface area contributed by atoms with Gasteiger partial charge in [-0.1, -0.05) is 26.7 Å². The molecule has 6 nitrogen and oxygen atoms in total. The number of aliphatic hydroxyl groups excluding tert-OH is 1. The van der Waals surface area contributed by atoms with Gasteiger partial charge < -0.3 is 20.7 Å². The highest BCUT2D eigenvalue weighted by atomic mass is 16.3. The van der Waals surface area contributed by atoms with Crippen LogP contribution in [0, 0.1) is 5.92 Å². The maximum Gasteiger partial charge on any atom is 0.271 e. The molecule has 0 aromatic carbocycles. The highest BCUT2D eigenvalue weighted by molar-refractivity contribution is 5.92. The Morgan fingerprint density at radius 2 is 2.21 bits per heavy atom. The van der Waals surface area contributed by atoms with E-state index in [4.69, 9.17) is 5.73 Å². The lowest BCUT2D eigenvalue weighted by molar-refractivity contribution is 0.0813. The van der Waals surface area contributed by atoms with Crippen molar-refractivity contribution in [1.82, 2.24) is 14.9 Å². The van der Waals surface area contributed by atoms with Gasteiger partial charge >= 0.3 is 0 Å². The lowest BCUT2D eigenvalue weighted by atomic mass is 9.96. The van der Waals surface area contributed by atoms with Crippen molar-refractivity contribution in [3.8, 4) is 0 Å². The second-order valence-corrected chi connectivity index (χ2v) is 4.64. The molecular weight excluding hydrogens is 244 g/mol. The van der Waals surface area contributed by atoms with E-state index in [0.717, 1.165) is 12.8 Å². The third-order valence-electron chi connectivity index (χ3n) is 3.32. The first kappa shape index (κ1) is 15.7. The van der Waals surface area contributed by atoms with Crippen LogP contribution in [0.15, 0.2) is 12.5 Å². The van der Waals surface area contributed by atoms with Gasteiger partial charge in [0.15, 0.2) is 0 Å². The summed E-state index contributed by atoms with van der Waals surface area (Å²) in [7, 11) is 0. The maximum atomic E-state index is 11.8. The van der Waals surface area contributed by atoms with Crippen molar-refractivity contribution in [1.29, 1.82) is 0 Å². The van der Waals surface area contributed by atoms with Gasteiger partial charge in [0, 0.05) is 25.8 Å². The zero-order valence-electron chi connectivity index (χ0n) is 11.7. The summed E-state index contributed by atoms with van der Waals surface area (Å²) in [4.78, 5) is 15.8. The third kappa shape index (κ3) is 4.65. The number of imidazole rings is 1. The summed E-state index contributed by atoms with van der Waals surface area (Å²) in [5, 5.41) is 12.6. The van der Waals surface area contributed by atoms with Crippen molar-refractivity contribution in [3.05, 3.63) is 18.2 Å². The van der Waals surface area contributed by atoms with Crippen LogP contribution in [0.5, 0.6) is 0 Å². The van der Waals surface area contributed by atoms with E-state index in [1.807, 2.05) is 13.8 Å². The Morgan fingerprint density at radius 3 is 2.79 bits per heavy atom. The van der Waals surface area contributed by atoms with E-state index in [1.54, 1.807) is 17.1 Å². The highest BCUT2D eigenvalue weighted by Crippen LogP contribution is 2.12. The molecule has 1 heterocycles. The van der Waals surface area contributed by atoms with Gasteiger partial charge in [0.05, 0.1) is 12.4 Å². The summed E-state index contributed by atoms with van der Waals surface area (Å²) >= 11 is 0. The molecule has 0 saturated carbocycles. The largest absolute Gasteiger partial charge is 0.391 e. The number of aliphatic hydroxyl groups is 1. The molecule has 0 radical (unpaired) electrons. The quantitative estimate of drug-likeness (QED) is 0.635. The summed E-state index contributed by atoms with van der Waals surface area (Å²) in [5.41, 5.74) is 5.78. The number of nitrogens with one attached hydrogen (secondary N) is 1. The number of hydrogen-bond donors (Lipinski definition) is 3. The fourth-order valence-electron chi connectivity index (χ4n) is 2.04. The number of rotatable bonds is 8. The molecule has 0 aliphatic rings. The van der Waals surface area contributed by atoms with Crippen LogP contribution in [0.4, 0.5) is 0 Å². The Balaban J connectivity index is 2.45. The molecule has 0 aliphatic carbocycles. The van der Waals surface area contributed by atoms with Crippen molar-refractivity contribution >= 4 is 5.91 Å². The van der Waals surface area contributed by atoms with Gasteiger partial charge in [0.1, 0.15) is 5.69 Å². The molecule has 0 bridgehead atoms. The van der Waals surface area contributed by atoms with Crippen molar-refractivity contribution < 1.29 is 9.90 Å². The smallest absolute Gasteiger partial charge is 0.271 e. The van der Waals surface area contributed by atoms with E-state index >= 15 is 0 Å². The molecule has 1 rings (SSSR count). The number of amides is 1. The molecule has 1 atom stereocenters. The first-order valence-electron chi connectivity index (χ1n) is 6.80. The molecule has 19 heavy (non-hydrogen) atoms. The SMILES string of the molecule is CCC(CC)C(O)CNC(=O)c1cn(CCN)cn1. The molecule has 1 aromatic heterocycles. The molecule has 1 aromatic rings. The second-order valence-electron chi connectivity index (χ2n) is 4.64. The van der Waals surface area contributed by atoms with Crippen LogP contribution in [0.25, 0.3) is 0 Å². The number of carbonyl (C=O) groups excluding carboxylic acids is 1. The molecule has 0 aliphatic heterocycles. The van der Waals surface area contributed by atoms with Gasteiger partial charge in [0.25, 0.3) is 5.91 Å². The molecule has 1 amide bonds. The Hall–Kier alpha value is -1.40. The van der Waals surface area contributed by atoms with Crippen LogP contribution in [-0.4, -0.2) is 39.8 Å². The van der Waals surface area contributed by atoms with Crippen LogP contribution in [0.1, 0.15) is 37.2 Å². The standard InChI is InChI=1S/C13H24N4O2/c1-3-10(4-2)12(18)7-15-13(19)11-8-17(6-5-14)9-16-11/h8-10,12,18H,3-7,14H2,1-2H3,(H,15,19).